The molecule has 0 fully saturated rings. The van der Waals surface area contributed by atoms with Crippen molar-refractivity contribution < 1.29 is 8.42 Å². The lowest BCUT2D eigenvalue weighted by molar-refractivity contribution is 0.577. The number of terminal acetylenes is 1. The van der Waals surface area contributed by atoms with Crippen molar-refractivity contribution >= 4 is 15.7 Å². The van der Waals surface area contributed by atoms with Crippen molar-refractivity contribution in [3.8, 4) is 18.4 Å². The van der Waals surface area contributed by atoms with Gasteiger partial charge in [0, 0.05) is 5.69 Å². The van der Waals surface area contributed by atoms with Crippen LogP contribution in [0.1, 0.15) is 12.5 Å². The van der Waals surface area contributed by atoms with Gasteiger partial charge in [0.1, 0.15) is 6.07 Å². The summed E-state index contributed by atoms with van der Waals surface area (Å²) >= 11 is 0. The Morgan fingerprint density at radius 3 is 2.71 bits per heavy atom. The molecule has 1 aromatic carbocycles. The van der Waals surface area contributed by atoms with Gasteiger partial charge >= 0.3 is 0 Å². The van der Waals surface area contributed by atoms with Crippen LogP contribution in [0.15, 0.2) is 23.1 Å². The van der Waals surface area contributed by atoms with Gasteiger partial charge in [-0.3, -0.25) is 0 Å². The second kappa shape index (κ2) is 4.88. The number of hydrogen-bond acceptors (Lipinski definition) is 4. The molecule has 0 saturated carbocycles. The van der Waals surface area contributed by atoms with Crippen molar-refractivity contribution in [2.75, 3.05) is 5.73 Å². The zero-order valence-electron chi connectivity index (χ0n) is 9.14. The van der Waals surface area contributed by atoms with E-state index in [0.717, 1.165) is 0 Å². The van der Waals surface area contributed by atoms with Gasteiger partial charge in [-0.15, -0.1) is 6.42 Å². The Kier molecular flexibility index (Phi) is 3.74. The van der Waals surface area contributed by atoms with E-state index in [0.29, 0.717) is 5.69 Å². The van der Waals surface area contributed by atoms with Crippen LogP contribution in [0.3, 0.4) is 0 Å². The van der Waals surface area contributed by atoms with Gasteiger partial charge in [0.25, 0.3) is 0 Å². The molecule has 1 rings (SSSR count). The van der Waals surface area contributed by atoms with Crippen molar-refractivity contribution in [3.63, 3.8) is 0 Å². The van der Waals surface area contributed by atoms with Crippen LogP contribution in [0, 0.1) is 23.7 Å². The summed E-state index contributed by atoms with van der Waals surface area (Å²) in [7, 11) is -3.80. The number of rotatable bonds is 3. The molecule has 0 spiro atoms. The Bertz CT molecular complexity index is 609. The third kappa shape index (κ3) is 2.97. The molecular weight excluding hydrogens is 238 g/mol. The average molecular weight is 249 g/mol. The quantitative estimate of drug-likeness (QED) is 0.600. The first-order chi connectivity index (χ1) is 7.90. The van der Waals surface area contributed by atoms with Gasteiger partial charge in [-0.1, -0.05) is 5.92 Å². The topological polar surface area (TPSA) is 96.0 Å². The first-order valence-corrected chi connectivity index (χ1v) is 6.17. The lowest BCUT2D eigenvalue weighted by Crippen LogP contribution is -2.31. The predicted octanol–water partition coefficient (Wildman–Crippen LogP) is 0.440. The second-order valence-electron chi connectivity index (χ2n) is 3.38. The molecule has 1 aromatic rings. The zero-order valence-corrected chi connectivity index (χ0v) is 9.95. The first-order valence-electron chi connectivity index (χ1n) is 4.69. The van der Waals surface area contributed by atoms with Crippen LogP contribution in [0.4, 0.5) is 5.69 Å². The number of nitrogens with two attached hydrogens (primary N) is 1. The Balaban J connectivity index is 3.26. The normalized spacial score (nSPS) is 12.4. The number of nitrogens with zero attached hydrogens (tertiary/aromatic N) is 1. The molecule has 0 aromatic heterocycles. The third-order valence-corrected chi connectivity index (χ3v) is 3.59. The molecular formula is C11H11N3O2S. The fraction of sp³-hybridized carbons (Fsp3) is 0.182. The molecule has 1 atom stereocenters. The summed E-state index contributed by atoms with van der Waals surface area (Å²) in [5.74, 6) is 2.24. The number of nitrogens with one attached hydrogen (secondary N) is 1. The molecule has 3 N–H and O–H groups in total. The molecule has 0 saturated heterocycles. The van der Waals surface area contributed by atoms with Crippen LogP contribution in [-0.2, 0) is 10.0 Å². The number of nitrogen functional groups attached to an aromatic ring is 1. The predicted molar refractivity (Wildman–Crippen MR) is 64.2 cm³/mol. The maximum absolute atomic E-state index is 11.9. The van der Waals surface area contributed by atoms with E-state index in [9.17, 15) is 8.42 Å². The Hall–Kier alpha value is -2.02. The molecule has 1 unspecified atom stereocenters. The second-order valence-corrected chi connectivity index (χ2v) is 5.06. The van der Waals surface area contributed by atoms with Crippen LogP contribution in [-0.4, -0.2) is 14.5 Å². The van der Waals surface area contributed by atoms with E-state index in [-0.39, 0.29) is 10.5 Å². The monoisotopic (exact) mass is 249 g/mol. The van der Waals surface area contributed by atoms with E-state index in [2.05, 4.69) is 10.6 Å². The van der Waals surface area contributed by atoms with E-state index in [1.165, 1.54) is 25.1 Å². The maximum Gasteiger partial charge on any atom is 0.242 e. The molecule has 5 nitrogen and oxygen atoms in total. The van der Waals surface area contributed by atoms with Crippen molar-refractivity contribution in [3.05, 3.63) is 23.8 Å². The van der Waals surface area contributed by atoms with Crippen LogP contribution in [0.2, 0.25) is 0 Å². The van der Waals surface area contributed by atoms with Gasteiger partial charge in [-0.25, -0.2) is 8.42 Å². The van der Waals surface area contributed by atoms with Crippen molar-refractivity contribution in [2.24, 2.45) is 0 Å². The maximum atomic E-state index is 11.9. The largest absolute Gasteiger partial charge is 0.399 e. The number of benzene rings is 1. The van der Waals surface area contributed by atoms with Gasteiger partial charge < -0.3 is 5.73 Å². The van der Waals surface area contributed by atoms with Crippen LogP contribution >= 0.6 is 0 Å². The standard InChI is InChI=1S/C11H11N3O2S/c1-3-8(2)14-17(15,16)11-5-4-10(13)6-9(11)7-12/h1,4-6,8,14H,13H2,2H3. The summed E-state index contributed by atoms with van der Waals surface area (Å²) in [5, 5.41) is 8.86. The van der Waals surface area contributed by atoms with Crippen molar-refractivity contribution in [1.82, 2.24) is 4.72 Å². The minimum atomic E-state index is -3.80. The van der Waals surface area contributed by atoms with Crippen molar-refractivity contribution in [2.45, 2.75) is 17.9 Å². The highest BCUT2D eigenvalue weighted by atomic mass is 32.2. The molecule has 17 heavy (non-hydrogen) atoms. The molecule has 6 heteroatoms. The molecule has 0 amide bonds. The average Bonchev–Trinajstić information content (AvgIpc) is 2.27. The number of nitriles is 1. The number of anilines is 1. The summed E-state index contributed by atoms with van der Waals surface area (Å²) in [6.45, 7) is 1.53. The SMILES string of the molecule is C#CC(C)NS(=O)(=O)c1ccc(N)cc1C#N. The summed E-state index contributed by atoms with van der Waals surface area (Å²) < 4.78 is 26.0. The summed E-state index contributed by atoms with van der Waals surface area (Å²) in [6.07, 6.45) is 5.09. The van der Waals surface area contributed by atoms with Gasteiger partial charge in [0.15, 0.2) is 0 Å². The highest BCUT2D eigenvalue weighted by Crippen LogP contribution is 2.18. The van der Waals surface area contributed by atoms with Gasteiger partial charge in [0.05, 0.1) is 16.5 Å². The minimum Gasteiger partial charge on any atom is -0.399 e. The van der Waals surface area contributed by atoms with Crippen LogP contribution in [0.25, 0.3) is 0 Å². The first kappa shape index (κ1) is 13.0. The van der Waals surface area contributed by atoms with Gasteiger partial charge in [-0.2, -0.15) is 9.98 Å². The van der Waals surface area contributed by atoms with E-state index in [1.54, 1.807) is 6.07 Å². The summed E-state index contributed by atoms with van der Waals surface area (Å²) in [6, 6.07) is 5.12. The number of sulfonamides is 1. The highest BCUT2D eigenvalue weighted by Gasteiger charge is 2.20. The Labute approximate surface area is 100 Å². The molecule has 0 aliphatic heterocycles. The molecule has 0 aliphatic rings. The smallest absolute Gasteiger partial charge is 0.242 e. The molecule has 0 bridgehead atoms. The summed E-state index contributed by atoms with van der Waals surface area (Å²) in [4.78, 5) is -0.128. The summed E-state index contributed by atoms with van der Waals surface area (Å²) in [5.41, 5.74) is 5.79. The van der Waals surface area contributed by atoms with Crippen LogP contribution in [0.5, 0.6) is 0 Å². The molecule has 0 heterocycles. The molecule has 88 valence electrons. The fourth-order valence-corrected chi connectivity index (χ4v) is 2.50. The van der Waals surface area contributed by atoms with E-state index < -0.39 is 16.1 Å². The van der Waals surface area contributed by atoms with Gasteiger partial charge in [0.2, 0.25) is 10.0 Å². The number of hydrogen-bond donors (Lipinski definition) is 2. The van der Waals surface area contributed by atoms with Gasteiger partial charge in [-0.05, 0) is 25.1 Å². The Morgan fingerprint density at radius 1 is 1.53 bits per heavy atom. The fourth-order valence-electron chi connectivity index (χ4n) is 1.20. The van der Waals surface area contributed by atoms with E-state index >= 15 is 0 Å². The molecule has 0 aliphatic carbocycles. The lowest BCUT2D eigenvalue weighted by Gasteiger charge is -2.10. The molecule has 0 radical (unpaired) electrons. The Morgan fingerprint density at radius 2 is 2.18 bits per heavy atom. The lowest BCUT2D eigenvalue weighted by atomic mass is 10.2. The van der Waals surface area contributed by atoms with Crippen molar-refractivity contribution in [1.29, 1.82) is 5.26 Å². The third-order valence-electron chi connectivity index (χ3n) is 2.00. The van der Waals surface area contributed by atoms with E-state index in [4.69, 9.17) is 17.4 Å². The van der Waals surface area contributed by atoms with E-state index in [1.807, 2.05) is 0 Å². The highest BCUT2D eigenvalue weighted by molar-refractivity contribution is 7.89. The zero-order chi connectivity index (χ0) is 13.1. The van der Waals surface area contributed by atoms with Crippen LogP contribution < -0.4 is 10.5 Å². The minimum absolute atomic E-state index is 0.0123.